The van der Waals surface area contributed by atoms with E-state index in [0.717, 1.165) is 0 Å². The number of methoxy groups -OCH3 is 1. The maximum absolute atomic E-state index is 11.7. The van der Waals surface area contributed by atoms with Crippen LogP contribution >= 0.6 is 0 Å². The fourth-order valence-corrected chi connectivity index (χ4v) is 2.28. The zero-order valence-electron chi connectivity index (χ0n) is 8.86. The van der Waals surface area contributed by atoms with Gasteiger partial charge in [0.15, 0.2) is 0 Å². The molecule has 0 amide bonds. The first-order chi connectivity index (χ1) is 7.13. The summed E-state index contributed by atoms with van der Waals surface area (Å²) in [5.74, 6) is 1.12. The number of Topliss-reactive ketones (excluding diaryl/α,β-unsaturated/α-hetero) is 1. The molecule has 1 unspecified atom stereocenters. The van der Waals surface area contributed by atoms with E-state index >= 15 is 0 Å². The fraction of sp³-hybridized carbons (Fsp3) is 0.364. The molecule has 0 aliphatic heterocycles. The Labute approximate surface area is 91.9 Å². The summed E-state index contributed by atoms with van der Waals surface area (Å²) >= 11 is 0. The second kappa shape index (κ2) is 5.66. The van der Waals surface area contributed by atoms with Gasteiger partial charge in [0.05, 0.1) is 17.9 Å². The maximum atomic E-state index is 11.7. The molecule has 15 heavy (non-hydrogen) atoms. The molecule has 3 nitrogen and oxygen atoms in total. The highest BCUT2D eigenvalue weighted by Gasteiger charge is 2.06. The standard InChI is InChI=1S/C11H14O3S/c1-9(12)6-7-15(13)11-5-3-4-10(8-11)14-2/h3-5,8H,6-7H2,1-2H3. The molecule has 0 heterocycles. The van der Waals surface area contributed by atoms with Gasteiger partial charge in [-0.15, -0.1) is 0 Å². The molecule has 82 valence electrons. The Kier molecular flexibility index (Phi) is 4.49. The van der Waals surface area contributed by atoms with Gasteiger partial charge in [0.2, 0.25) is 0 Å². The van der Waals surface area contributed by atoms with Gasteiger partial charge < -0.3 is 4.74 Å². The van der Waals surface area contributed by atoms with Gasteiger partial charge in [0, 0.05) is 17.1 Å². The molecule has 4 heteroatoms. The van der Waals surface area contributed by atoms with Gasteiger partial charge in [0.1, 0.15) is 11.5 Å². The van der Waals surface area contributed by atoms with Gasteiger partial charge in [-0.2, -0.15) is 0 Å². The summed E-state index contributed by atoms with van der Waals surface area (Å²) in [6.07, 6.45) is 0.351. The highest BCUT2D eigenvalue weighted by Crippen LogP contribution is 2.16. The molecule has 0 aromatic heterocycles. The predicted molar refractivity (Wildman–Crippen MR) is 59.6 cm³/mol. The van der Waals surface area contributed by atoms with Gasteiger partial charge >= 0.3 is 0 Å². The number of ether oxygens (including phenoxy) is 1. The number of benzene rings is 1. The van der Waals surface area contributed by atoms with E-state index in [1.807, 2.05) is 0 Å². The first-order valence-corrected chi connectivity index (χ1v) is 5.97. The second-order valence-electron chi connectivity index (χ2n) is 3.18. The van der Waals surface area contributed by atoms with E-state index in [9.17, 15) is 9.00 Å². The van der Waals surface area contributed by atoms with E-state index in [2.05, 4.69) is 0 Å². The average Bonchev–Trinajstić information content (AvgIpc) is 2.26. The van der Waals surface area contributed by atoms with E-state index in [1.165, 1.54) is 6.92 Å². The summed E-state index contributed by atoms with van der Waals surface area (Å²) in [4.78, 5) is 11.4. The minimum atomic E-state index is -1.12. The van der Waals surface area contributed by atoms with Crippen LogP contribution in [0.4, 0.5) is 0 Å². The minimum absolute atomic E-state index is 0.0613. The lowest BCUT2D eigenvalue weighted by molar-refractivity contribution is -0.116. The van der Waals surface area contributed by atoms with Crippen molar-refractivity contribution in [2.45, 2.75) is 18.2 Å². The average molecular weight is 226 g/mol. The van der Waals surface area contributed by atoms with Crippen LogP contribution in [0, 0.1) is 0 Å². The van der Waals surface area contributed by atoms with Crippen molar-refractivity contribution in [1.82, 2.24) is 0 Å². The van der Waals surface area contributed by atoms with Crippen molar-refractivity contribution in [3.8, 4) is 5.75 Å². The monoisotopic (exact) mass is 226 g/mol. The van der Waals surface area contributed by atoms with Crippen molar-refractivity contribution < 1.29 is 13.7 Å². The number of carbonyl (C=O) groups excluding carboxylic acids is 1. The zero-order valence-corrected chi connectivity index (χ0v) is 9.67. The molecule has 0 radical (unpaired) electrons. The van der Waals surface area contributed by atoms with Crippen LogP contribution in [0.15, 0.2) is 29.2 Å². The quantitative estimate of drug-likeness (QED) is 0.768. The van der Waals surface area contributed by atoms with Crippen LogP contribution < -0.4 is 4.74 Å². The lowest BCUT2D eigenvalue weighted by Gasteiger charge is -2.03. The van der Waals surface area contributed by atoms with Crippen LogP contribution in [0.3, 0.4) is 0 Å². The van der Waals surface area contributed by atoms with Crippen LogP contribution in [0.5, 0.6) is 5.75 Å². The van der Waals surface area contributed by atoms with Crippen molar-refractivity contribution in [1.29, 1.82) is 0 Å². The Morgan fingerprint density at radius 3 is 2.80 bits per heavy atom. The fourth-order valence-electron chi connectivity index (χ4n) is 1.10. The Hall–Kier alpha value is -1.16. The lowest BCUT2D eigenvalue weighted by atomic mass is 10.3. The normalized spacial score (nSPS) is 12.1. The summed E-state index contributed by atoms with van der Waals surface area (Å²) in [6.45, 7) is 1.50. The molecule has 1 atom stereocenters. The van der Waals surface area contributed by atoms with Crippen molar-refractivity contribution in [3.63, 3.8) is 0 Å². The molecule has 0 saturated heterocycles. The Balaban J connectivity index is 2.69. The van der Waals surface area contributed by atoms with Crippen molar-refractivity contribution in [2.75, 3.05) is 12.9 Å². The Bertz CT molecular complexity index is 374. The highest BCUT2D eigenvalue weighted by molar-refractivity contribution is 7.85. The van der Waals surface area contributed by atoms with E-state index in [4.69, 9.17) is 4.74 Å². The smallest absolute Gasteiger partial charge is 0.130 e. The molecular weight excluding hydrogens is 212 g/mol. The molecule has 0 fully saturated rings. The van der Waals surface area contributed by atoms with Crippen LogP contribution in [-0.2, 0) is 15.6 Å². The van der Waals surface area contributed by atoms with Gasteiger partial charge in [0.25, 0.3) is 0 Å². The number of carbonyl (C=O) groups is 1. The van der Waals surface area contributed by atoms with Crippen LogP contribution in [0.25, 0.3) is 0 Å². The predicted octanol–water partition coefficient (Wildman–Crippen LogP) is 1.78. The molecule has 0 bridgehead atoms. The molecule has 0 N–H and O–H groups in total. The zero-order chi connectivity index (χ0) is 11.3. The third kappa shape index (κ3) is 3.83. The third-order valence-electron chi connectivity index (χ3n) is 1.94. The molecule has 0 saturated carbocycles. The van der Waals surface area contributed by atoms with Gasteiger partial charge in [-0.05, 0) is 25.1 Å². The molecule has 1 aromatic rings. The van der Waals surface area contributed by atoms with Crippen molar-refractivity contribution in [2.24, 2.45) is 0 Å². The number of hydrogen-bond donors (Lipinski definition) is 0. The number of hydrogen-bond acceptors (Lipinski definition) is 3. The summed E-state index contributed by atoms with van der Waals surface area (Å²) in [5, 5.41) is 0. The van der Waals surface area contributed by atoms with E-state index < -0.39 is 10.8 Å². The first kappa shape index (κ1) is 11.9. The van der Waals surface area contributed by atoms with E-state index in [-0.39, 0.29) is 5.78 Å². The highest BCUT2D eigenvalue weighted by atomic mass is 32.2. The summed E-state index contributed by atoms with van der Waals surface area (Å²) < 4.78 is 16.7. The second-order valence-corrected chi connectivity index (χ2v) is 4.75. The molecule has 0 aliphatic rings. The SMILES string of the molecule is COc1cccc(S(=O)CCC(C)=O)c1. The number of ketones is 1. The topological polar surface area (TPSA) is 43.4 Å². The molecule has 0 aliphatic carbocycles. The van der Waals surface area contributed by atoms with Crippen molar-refractivity contribution >= 4 is 16.6 Å². The summed E-state index contributed by atoms with van der Waals surface area (Å²) in [6, 6.07) is 7.10. The number of rotatable bonds is 5. The van der Waals surface area contributed by atoms with Gasteiger partial charge in [-0.1, -0.05) is 6.07 Å². The van der Waals surface area contributed by atoms with Gasteiger partial charge in [-0.3, -0.25) is 9.00 Å². The van der Waals surface area contributed by atoms with Crippen LogP contribution in [0.2, 0.25) is 0 Å². The summed E-state index contributed by atoms with van der Waals surface area (Å²) in [7, 11) is 0.450. The van der Waals surface area contributed by atoms with Crippen LogP contribution in [-0.4, -0.2) is 22.9 Å². The van der Waals surface area contributed by atoms with Gasteiger partial charge in [-0.25, -0.2) is 0 Å². The van der Waals surface area contributed by atoms with E-state index in [1.54, 1.807) is 31.4 Å². The molecular formula is C11H14O3S. The Morgan fingerprint density at radius 2 is 2.20 bits per heavy atom. The Morgan fingerprint density at radius 1 is 1.47 bits per heavy atom. The lowest BCUT2D eigenvalue weighted by Crippen LogP contribution is -2.03. The van der Waals surface area contributed by atoms with E-state index in [0.29, 0.717) is 22.8 Å². The van der Waals surface area contributed by atoms with Crippen molar-refractivity contribution in [3.05, 3.63) is 24.3 Å². The maximum Gasteiger partial charge on any atom is 0.130 e. The molecule has 1 rings (SSSR count). The molecule has 1 aromatic carbocycles. The first-order valence-electron chi connectivity index (χ1n) is 4.65. The molecule has 0 spiro atoms. The summed E-state index contributed by atoms with van der Waals surface area (Å²) in [5.41, 5.74) is 0. The largest absolute Gasteiger partial charge is 0.497 e. The third-order valence-corrected chi connectivity index (χ3v) is 3.30. The minimum Gasteiger partial charge on any atom is -0.497 e. The van der Waals surface area contributed by atoms with Crippen LogP contribution in [0.1, 0.15) is 13.3 Å².